The van der Waals surface area contributed by atoms with E-state index in [1.165, 1.54) is 12.3 Å². The number of aryl methyl sites for hydroxylation is 2. The standard InChI is InChI=1S/C20H23NO5/c1-3-14-7-8-15(4-2)16(12-14)17(22)13-26-19(23)9-10-21-20(24)18-6-5-11-25-18/h5-8,11-12H,3-4,9-10,13H2,1-2H3,(H,21,24). The van der Waals surface area contributed by atoms with Gasteiger partial charge in [0.15, 0.2) is 12.4 Å². The first kappa shape index (κ1) is 19.4. The summed E-state index contributed by atoms with van der Waals surface area (Å²) in [6.45, 7) is 3.81. The summed E-state index contributed by atoms with van der Waals surface area (Å²) in [6.07, 6.45) is 2.94. The first-order chi connectivity index (χ1) is 12.5. The van der Waals surface area contributed by atoms with E-state index >= 15 is 0 Å². The third-order valence-electron chi connectivity index (χ3n) is 3.99. The number of hydrogen-bond acceptors (Lipinski definition) is 5. The maximum absolute atomic E-state index is 12.4. The van der Waals surface area contributed by atoms with E-state index in [1.807, 2.05) is 32.0 Å². The number of carbonyl (C=O) groups excluding carboxylic acids is 3. The fourth-order valence-corrected chi connectivity index (χ4v) is 2.48. The van der Waals surface area contributed by atoms with Crippen molar-refractivity contribution in [2.24, 2.45) is 0 Å². The quantitative estimate of drug-likeness (QED) is 0.551. The number of rotatable bonds is 9. The summed E-state index contributed by atoms with van der Waals surface area (Å²) in [5.74, 6) is -0.979. The molecule has 0 unspecified atom stereocenters. The van der Waals surface area contributed by atoms with E-state index in [1.54, 1.807) is 6.07 Å². The first-order valence-corrected chi connectivity index (χ1v) is 8.67. The van der Waals surface area contributed by atoms with Crippen molar-refractivity contribution in [1.29, 1.82) is 0 Å². The van der Waals surface area contributed by atoms with Gasteiger partial charge in [-0.2, -0.15) is 0 Å². The van der Waals surface area contributed by atoms with Crippen LogP contribution in [0.1, 0.15) is 52.3 Å². The van der Waals surface area contributed by atoms with Gasteiger partial charge in [0.05, 0.1) is 12.7 Å². The van der Waals surface area contributed by atoms with Crippen molar-refractivity contribution >= 4 is 17.7 Å². The minimum Gasteiger partial charge on any atom is -0.459 e. The van der Waals surface area contributed by atoms with Crippen molar-refractivity contribution in [2.45, 2.75) is 33.1 Å². The zero-order valence-electron chi connectivity index (χ0n) is 15.0. The highest BCUT2D eigenvalue weighted by atomic mass is 16.5. The van der Waals surface area contributed by atoms with Crippen LogP contribution < -0.4 is 5.32 Å². The van der Waals surface area contributed by atoms with Gasteiger partial charge in [0.1, 0.15) is 0 Å². The summed E-state index contributed by atoms with van der Waals surface area (Å²) in [4.78, 5) is 35.8. The largest absolute Gasteiger partial charge is 0.459 e. The molecule has 6 heteroatoms. The van der Waals surface area contributed by atoms with Gasteiger partial charge in [-0.15, -0.1) is 0 Å². The molecule has 138 valence electrons. The van der Waals surface area contributed by atoms with Crippen LogP contribution in [0.5, 0.6) is 0 Å². The van der Waals surface area contributed by atoms with Crippen molar-refractivity contribution < 1.29 is 23.5 Å². The summed E-state index contributed by atoms with van der Waals surface area (Å²) in [5.41, 5.74) is 2.61. The minimum atomic E-state index is -0.539. The Morgan fingerprint density at radius 2 is 1.92 bits per heavy atom. The molecular formula is C20H23NO5. The van der Waals surface area contributed by atoms with Crippen LogP contribution in [-0.4, -0.2) is 30.8 Å². The molecule has 0 saturated heterocycles. The number of hydrogen-bond donors (Lipinski definition) is 1. The number of amides is 1. The number of Topliss-reactive ketones (excluding diaryl/α,β-unsaturated/α-hetero) is 1. The normalized spacial score (nSPS) is 10.4. The lowest BCUT2D eigenvalue weighted by atomic mass is 9.98. The fourth-order valence-electron chi connectivity index (χ4n) is 2.48. The topological polar surface area (TPSA) is 85.6 Å². The number of furan rings is 1. The average Bonchev–Trinajstić information content (AvgIpc) is 3.20. The molecule has 0 saturated carbocycles. The van der Waals surface area contributed by atoms with Crippen LogP contribution in [0.2, 0.25) is 0 Å². The molecule has 1 aromatic carbocycles. The molecular weight excluding hydrogens is 334 g/mol. The van der Waals surface area contributed by atoms with Crippen LogP contribution in [0.3, 0.4) is 0 Å². The lowest BCUT2D eigenvalue weighted by Gasteiger charge is -2.10. The van der Waals surface area contributed by atoms with Crippen LogP contribution in [0.25, 0.3) is 0 Å². The lowest BCUT2D eigenvalue weighted by molar-refractivity contribution is -0.142. The molecule has 1 amide bonds. The predicted octanol–water partition coefficient (Wildman–Crippen LogP) is 2.95. The second-order valence-corrected chi connectivity index (χ2v) is 5.77. The van der Waals surface area contributed by atoms with Crippen molar-refractivity contribution in [1.82, 2.24) is 5.32 Å². The summed E-state index contributed by atoms with van der Waals surface area (Å²) in [6, 6.07) is 8.94. The maximum Gasteiger partial charge on any atom is 0.308 e. The van der Waals surface area contributed by atoms with Crippen LogP contribution in [-0.2, 0) is 22.4 Å². The van der Waals surface area contributed by atoms with Crippen LogP contribution >= 0.6 is 0 Å². The van der Waals surface area contributed by atoms with Gasteiger partial charge < -0.3 is 14.5 Å². The number of carbonyl (C=O) groups is 3. The van der Waals surface area contributed by atoms with Crippen molar-refractivity contribution in [2.75, 3.05) is 13.2 Å². The van der Waals surface area contributed by atoms with Gasteiger partial charge in [-0.05, 0) is 42.2 Å². The van der Waals surface area contributed by atoms with E-state index in [0.29, 0.717) is 5.56 Å². The minimum absolute atomic E-state index is 0.0185. The van der Waals surface area contributed by atoms with Gasteiger partial charge in [-0.25, -0.2) is 0 Å². The number of benzene rings is 1. The van der Waals surface area contributed by atoms with Crippen LogP contribution in [0.4, 0.5) is 0 Å². The molecule has 0 bridgehead atoms. The van der Waals surface area contributed by atoms with E-state index in [4.69, 9.17) is 9.15 Å². The Labute approximate surface area is 152 Å². The van der Waals surface area contributed by atoms with Gasteiger partial charge in [0.25, 0.3) is 5.91 Å². The number of esters is 1. The fraction of sp³-hybridized carbons (Fsp3) is 0.350. The summed E-state index contributed by atoms with van der Waals surface area (Å²) in [5, 5.41) is 2.55. The van der Waals surface area contributed by atoms with E-state index in [9.17, 15) is 14.4 Å². The maximum atomic E-state index is 12.4. The molecule has 1 aromatic heterocycles. The van der Waals surface area contributed by atoms with E-state index in [-0.39, 0.29) is 31.1 Å². The second kappa shape index (κ2) is 9.56. The van der Waals surface area contributed by atoms with Gasteiger partial charge in [0, 0.05) is 12.1 Å². The molecule has 0 spiro atoms. The predicted molar refractivity (Wildman–Crippen MR) is 96.1 cm³/mol. The Morgan fingerprint density at radius 3 is 2.58 bits per heavy atom. The molecule has 1 N–H and O–H groups in total. The van der Waals surface area contributed by atoms with Gasteiger partial charge in [-0.3, -0.25) is 14.4 Å². The van der Waals surface area contributed by atoms with Gasteiger partial charge in [-0.1, -0.05) is 26.0 Å². The first-order valence-electron chi connectivity index (χ1n) is 8.67. The molecule has 26 heavy (non-hydrogen) atoms. The molecule has 0 radical (unpaired) electrons. The third kappa shape index (κ3) is 5.31. The van der Waals surface area contributed by atoms with Crippen molar-refractivity contribution in [3.05, 3.63) is 59.0 Å². The average molecular weight is 357 g/mol. The molecule has 0 aliphatic heterocycles. The van der Waals surface area contributed by atoms with E-state index < -0.39 is 11.9 Å². The highest BCUT2D eigenvalue weighted by Crippen LogP contribution is 2.14. The zero-order chi connectivity index (χ0) is 18.9. The Morgan fingerprint density at radius 1 is 1.12 bits per heavy atom. The molecule has 0 fully saturated rings. The molecule has 2 rings (SSSR count). The monoisotopic (exact) mass is 357 g/mol. The zero-order valence-corrected chi connectivity index (χ0v) is 15.0. The summed E-state index contributed by atoms with van der Waals surface area (Å²) >= 11 is 0. The smallest absolute Gasteiger partial charge is 0.308 e. The Hall–Kier alpha value is -2.89. The third-order valence-corrected chi connectivity index (χ3v) is 3.99. The number of nitrogens with one attached hydrogen (secondary N) is 1. The molecule has 0 atom stereocenters. The Bertz CT molecular complexity index is 765. The van der Waals surface area contributed by atoms with E-state index in [0.717, 1.165) is 24.0 Å². The lowest BCUT2D eigenvalue weighted by Crippen LogP contribution is -2.26. The number of ketones is 1. The summed E-state index contributed by atoms with van der Waals surface area (Å²) < 4.78 is 9.99. The SMILES string of the molecule is CCc1ccc(CC)c(C(=O)COC(=O)CCNC(=O)c2ccco2)c1. The summed E-state index contributed by atoms with van der Waals surface area (Å²) in [7, 11) is 0. The van der Waals surface area contributed by atoms with Gasteiger partial charge >= 0.3 is 5.97 Å². The van der Waals surface area contributed by atoms with Crippen LogP contribution in [0, 0.1) is 0 Å². The molecule has 1 heterocycles. The highest BCUT2D eigenvalue weighted by molar-refractivity contribution is 5.99. The van der Waals surface area contributed by atoms with Gasteiger partial charge in [0.2, 0.25) is 5.78 Å². The second-order valence-electron chi connectivity index (χ2n) is 5.77. The highest BCUT2D eigenvalue weighted by Gasteiger charge is 2.14. The molecule has 0 aliphatic rings. The Balaban J connectivity index is 1.80. The van der Waals surface area contributed by atoms with Crippen molar-refractivity contribution in [3.63, 3.8) is 0 Å². The Kier molecular flexibility index (Phi) is 7.14. The molecule has 2 aromatic rings. The molecule has 6 nitrogen and oxygen atoms in total. The van der Waals surface area contributed by atoms with Crippen LogP contribution in [0.15, 0.2) is 41.0 Å². The number of ether oxygens (including phenoxy) is 1. The van der Waals surface area contributed by atoms with E-state index in [2.05, 4.69) is 5.32 Å². The van der Waals surface area contributed by atoms with Crippen molar-refractivity contribution in [3.8, 4) is 0 Å². The molecule has 0 aliphatic carbocycles.